The lowest BCUT2D eigenvalue weighted by atomic mass is 9.81. The van der Waals surface area contributed by atoms with Crippen molar-refractivity contribution in [1.82, 2.24) is 0 Å². The summed E-state index contributed by atoms with van der Waals surface area (Å²) in [5.74, 6) is 0.623. The normalized spacial score (nSPS) is 11.2. The molecule has 1 aromatic carbocycles. The number of hydrogen-bond donors (Lipinski definition) is 1. The van der Waals surface area contributed by atoms with Gasteiger partial charge in [0.05, 0.1) is 12.7 Å². The zero-order chi connectivity index (χ0) is 12.2. The van der Waals surface area contributed by atoms with Crippen LogP contribution in [0.4, 0.5) is 0 Å². The van der Waals surface area contributed by atoms with Crippen molar-refractivity contribution in [2.45, 2.75) is 25.7 Å². The van der Waals surface area contributed by atoms with E-state index >= 15 is 0 Å². The molecule has 0 saturated heterocycles. The van der Waals surface area contributed by atoms with Crippen LogP contribution >= 0.6 is 0 Å². The van der Waals surface area contributed by atoms with Gasteiger partial charge in [0.1, 0.15) is 5.75 Å². The molecule has 3 heteroatoms. The van der Waals surface area contributed by atoms with Gasteiger partial charge in [-0.05, 0) is 36.1 Å². The van der Waals surface area contributed by atoms with Gasteiger partial charge in [0.2, 0.25) is 0 Å². The monoisotopic (exact) mass is 221 g/mol. The molecular formula is C13H19NO2. The second-order valence-electron chi connectivity index (χ2n) is 4.50. The Bertz CT molecular complexity index is 372. The molecular weight excluding hydrogens is 202 g/mol. The standard InChI is InChI=1S/C13H19NO2/c1-13(2,6-7-14)11-5-4-10(9-15)12(8-11)16-3/h4-5,8-9H,6-7,14H2,1-3H3. The summed E-state index contributed by atoms with van der Waals surface area (Å²) in [4.78, 5) is 10.8. The molecule has 3 nitrogen and oxygen atoms in total. The smallest absolute Gasteiger partial charge is 0.153 e. The van der Waals surface area contributed by atoms with Gasteiger partial charge in [0.25, 0.3) is 0 Å². The molecule has 16 heavy (non-hydrogen) atoms. The first-order valence-electron chi connectivity index (χ1n) is 5.39. The Balaban J connectivity index is 3.12. The summed E-state index contributed by atoms with van der Waals surface area (Å²) in [6.45, 7) is 4.91. The van der Waals surface area contributed by atoms with Crippen LogP contribution in [0.15, 0.2) is 18.2 Å². The topological polar surface area (TPSA) is 52.3 Å². The number of rotatable bonds is 5. The van der Waals surface area contributed by atoms with Crippen LogP contribution < -0.4 is 10.5 Å². The summed E-state index contributed by atoms with van der Waals surface area (Å²) in [5, 5.41) is 0. The van der Waals surface area contributed by atoms with Crippen LogP contribution in [0, 0.1) is 0 Å². The molecule has 0 amide bonds. The van der Waals surface area contributed by atoms with Crippen LogP contribution in [0.1, 0.15) is 36.2 Å². The Kier molecular flexibility index (Phi) is 4.07. The van der Waals surface area contributed by atoms with E-state index in [2.05, 4.69) is 13.8 Å². The molecule has 0 aliphatic rings. The van der Waals surface area contributed by atoms with Gasteiger partial charge in [-0.2, -0.15) is 0 Å². The van der Waals surface area contributed by atoms with Crippen molar-refractivity contribution in [3.8, 4) is 5.75 Å². The largest absolute Gasteiger partial charge is 0.496 e. The molecule has 0 fully saturated rings. The molecule has 0 radical (unpaired) electrons. The molecule has 0 unspecified atom stereocenters. The molecule has 0 heterocycles. The summed E-state index contributed by atoms with van der Waals surface area (Å²) in [6.07, 6.45) is 1.70. The first-order valence-corrected chi connectivity index (χ1v) is 5.39. The maximum absolute atomic E-state index is 10.8. The minimum absolute atomic E-state index is 0.00342. The third-order valence-electron chi connectivity index (χ3n) is 2.91. The van der Waals surface area contributed by atoms with Crippen molar-refractivity contribution in [1.29, 1.82) is 0 Å². The number of benzene rings is 1. The molecule has 2 N–H and O–H groups in total. The van der Waals surface area contributed by atoms with Crippen LogP contribution in [0.3, 0.4) is 0 Å². The molecule has 0 saturated carbocycles. The van der Waals surface area contributed by atoms with E-state index in [0.717, 1.165) is 18.3 Å². The lowest BCUT2D eigenvalue weighted by Gasteiger charge is -2.25. The molecule has 0 aliphatic carbocycles. The van der Waals surface area contributed by atoms with Crippen LogP contribution in [0.2, 0.25) is 0 Å². The summed E-state index contributed by atoms with van der Waals surface area (Å²) in [6, 6.07) is 5.67. The van der Waals surface area contributed by atoms with Crippen LogP contribution in [0.25, 0.3) is 0 Å². The quantitative estimate of drug-likeness (QED) is 0.775. The zero-order valence-electron chi connectivity index (χ0n) is 10.1. The van der Waals surface area contributed by atoms with E-state index in [4.69, 9.17) is 10.5 Å². The van der Waals surface area contributed by atoms with Gasteiger partial charge in [-0.25, -0.2) is 0 Å². The number of carbonyl (C=O) groups excluding carboxylic acids is 1. The van der Waals surface area contributed by atoms with Gasteiger partial charge < -0.3 is 10.5 Å². The number of carbonyl (C=O) groups is 1. The molecule has 0 aliphatic heterocycles. The van der Waals surface area contributed by atoms with E-state index in [0.29, 0.717) is 17.9 Å². The van der Waals surface area contributed by atoms with Gasteiger partial charge in [0.15, 0.2) is 6.29 Å². The Hall–Kier alpha value is -1.35. The predicted octanol–water partition coefficient (Wildman–Crippen LogP) is 2.13. The fourth-order valence-electron chi connectivity index (χ4n) is 1.73. The van der Waals surface area contributed by atoms with E-state index in [1.54, 1.807) is 13.2 Å². The Morgan fingerprint density at radius 3 is 2.62 bits per heavy atom. The summed E-state index contributed by atoms with van der Waals surface area (Å²) < 4.78 is 5.19. The van der Waals surface area contributed by atoms with Crippen molar-refractivity contribution in [2.24, 2.45) is 5.73 Å². The number of hydrogen-bond acceptors (Lipinski definition) is 3. The highest BCUT2D eigenvalue weighted by atomic mass is 16.5. The maximum Gasteiger partial charge on any atom is 0.153 e. The Morgan fingerprint density at radius 2 is 2.12 bits per heavy atom. The van der Waals surface area contributed by atoms with Crippen molar-refractivity contribution in [2.75, 3.05) is 13.7 Å². The molecule has 1 rings (SSSR count). The summed E-state index contributed by atoms with van der Waals surface area (Å²) in [5.41, 5.74) is 7.31. The summed E-state index contributed by atoms with van der Waals surface area (Å²) >= 11 is 0. The molecule has 0 bridgehead atoms. The van der Waals surface area contributed by atoms with Gasteiger partial charge >= 0.3 is 0 Å². The maximum atomic E-state index is 10.8. The molecule has 0 spiro atoms. The lowest BCUT2D eigenvalue weighted by Crippen LogP contribution is -2.21. The first kappa shape index (κ1) is 12.7. The highest BCUT2D eigenvalue weighted by Crippen LogP contribution is 2.30. The SMILES string of the molecule is COc1cc(C(C)(C)CCN)ccc1C=O. The third-order valence-corrected chi connectivity index (χ3v) is 2.91. The number of ether oxygens (including phenoxy) is 1. The Morgan fingerprint density at radius 1 is 1.44 bits per heavy atom. The molecule has 0 aromatic heterocycles. The highest BCUT2D eigenvalue weighted by Gasteiger charge is 2.20. The van der Waals surface area contributed by atoms with Gasteiger partial charge in [-0.1, -0.05) is 19.9 Å². The predicted molar refractivity (Wildman–Crippen MR) is 65.1 cm³/mol. The number of methoxy groups -OCH3 is 1. The summed E-state index contributed by atoms with van der Waals surface area (Å²) in [7, 11) is 1.57. The minimum Gasteiger partial charge on any atom is -0.496 e. The van der Waals surface area contributed by atoms with Crippen molar-refractivity contribution >= 4 is 6.29 Å². The third kappa shape index (κ3) is 2.61. The second-order valence-corrected chi connectivity index (χ2v) is 4.50. The second kappa shape index (κ2) is 5.12. The first-order chi connectivity index (χ1) is 7.55. The van der Waals surface area contributed by atoms with Crippen LogP contribution in [0.5, 0.6) is 5.75 Å². The van der Waals surface area contributed by atoms with Gasteiger partial charge in [-0.15, -0.1) is 0 Å². The van der Waals surface area contributed by atoms with E-state index in [-0.39, 0.29) is 5.41 Å². The average molecular weight is 221 g/mol. The zero-order valence-corrected chi connectivity index (χ0v) is 10.1. The fourth-order valence-corrected chi connectivity index (χ4v) is 1.73. The van der Waals surface area contributed by atoms with E-state index in [1.807, 2.05) is 12.1 Å². The van der Waals surface area contributed by atoms with Crippen LogP contribution in [-0.4, -0.2) is 19.9 Å². The fraction of sp³-hybridized carbons (Fsp3) is 0.462. The molecule has 0 atom stereocenters. The lowest BCUT2D eigenvalue weighted by molar-refractivity contribution is 0.112. The molecule has 1 aromatic rings. The van der Waals surface area contributed by atoms with Crippen LogP contribution in [-0.2, 0) is 5.41 Å². The van der Waals surface area contributed by atoms with E-state index in [9.17, 15) is 4.79 Å². The Labute approximate surface area is 96.6 Å². The number of nitrogens with two attached hydrogens (primary N) is 1. The minimum atomic E-state index is 0.00342. The average Bonchev–Trinajstić information content (AvgIpc) is 2.28. The van der Waals surface area contributed by atoms with Crippen molar-refractivity contribution < 1.29 is 9.53 Å². The van der Waals surface area contributed by atoms with Gasteiger partial charge in [0, 0.05) is 0 Å². The van der Waals surface area contributed by atoms with Crippen molar-refractivity contribution in [3.05, 3.63) is 29.3 Å². The highest BCUT2D eigenvalue weighted by molar-refractivity contribution is 5.79. The van der Waals surface area contributed by atoms with E-state index < -0.39 is 0 Å². The molecule has 88 valence electrons. The number of aldehydes is 1. The van der Waals surface area contributed by atoms with E-state index in [1.165, 1.54) is 0 Å². The van der Waals surface area contributed by atoms with Crippen molar-refractivity contribution in [3.63, 3.8) is 0 Å². The van der Waals surface area contributed by atoms with Gasteiger partial charge in [-0.3, -0.25) is 4.79 Å².